The molecule has 4 heterocycles. The monoisotopic (exact) mass is 305 g/mol. The average molecular weight is 305 g/mol. The molecule has 2 saturated heterocycles. The predicted octanol–water partition coefficient (Wildman–Crippen LogP) is 0.361. The number of fused-ring (bicyclic) bond motifs is 1. The fourth-order valence-corrected chi connectivity index (χ4v) is 3.90. The number of hydrogen-bond donors (Lipinski definition) is 3. The smallest absolute Gasteiger partial charge is 0.272 e. The highest BCUT2D eigenvalue weighted by molar-refractivity contribution is 5.95. The lowest BCUT2D eigenvalue weighted by atomic mass is 9.98. The summed E-state index contributed by atoms with van der Waals surface area (Å²) in [5.74, 6) is 0.895. The topological polar surface area (TPSA) is 82.3 Å². The number of anilines is 1. The quantitative estimate of drug-likeness (QED) is 0.698. The van der Waals surface area contributed by atoms with Crippen molar-refractivity contribution in [1.29, 1.82) is 0 Å². The van der Waals surface area contributed by atoms with Crippen molar-refractivity contribution in [3.05, 3.63) is 11.3 Å². The maximum Gasteiger partial charge on any atom is 0.272 e. The van der Waals surface area contributed by atoms with Gasteiger partial charge in [-0.3, -0.25) is 9.89 Å². The van der Waals surface area contributed by atoms with Gasteiger partial charge in [-0.05, 0) is 32.7 Å². The number of carbonyl (C=O) groups excluding carboxylic acids is 1. The van der Waals surface area contributed by atoms with Gasteiger partial charge >= 0.3 is 0 Å². The number of carbonyl (C=O) groups is 1. The Labute approximate surface area is 129 Å². The van der Waals surface area contributed by atoms with Crippen molar-refractivity contribution in [3.63, 3.8) is 0 Å². The summed E-state index contributed by atoms with van der Waals surface area (Å²) >= 11 is 0. The Bertz CT molecular complexity index is 578. The first-order valence-corrected chi connectivity index (χ1v) is 8.16. The number of hydrogen-bond acceptors (Lipinski definition) is 5. The summed E-state index contributed by atoms with van der Waals surface area (Å²) in [7, 11) is 0. The van der Waals surface area contributed by atoms with Crippen LogP contribution in [0.2, 0.25) is 0 Å². The molecule has 1 aromatic rings. The molecule has 2 fully saturated rings. The highest BCUT2D eigenvalue weighted by Gasteiger charge is 2.43. The maximum atomic E-state index is 13.0. The van der Waals surface area contributed by atoms with Gasteiger partial charge in [0.25, 0.3) is 5.91 Å². The number of nitrogens with one attached hydrogen (secondary N) is 3. The zero-order valence-electron chi connectivity index (χ0n) is 12.9. The zero-order valence-corrected chi connectivity index (χ0v) is 12.9. The Morgan fingerprint density at radius 3 is 3.18 bits per heavy atom. The van der Waals surface area contributed by atoms with Crippen molar-refractivity contribution in [2.24, 2.45) is 0 Å². The van der Waals surface area contributed by atoms with Crippen LogP contribution in [0.1, 0.15) is 35.8 Å². The van der Waals surface area contributed by atoms with Crippen LogP contribution >= 0.6 is 0 Å². The summed E-state index contributed by atoms with van der Waals surface area (Å²) in [5.41, 5.74) is 1.47. The summed E-state index contributed by atoms with van der Waals surface area (Å²) < 4.78 is 6.15. The van der Waals surface area contributed by atoms with Crippen molar-refractivity contribution in [2.45, 2.75) is 37.9 Å². The van der Waals surface area contributed by atoms with Gasteiger partial charge in [0.2, 0.25) is 0 Å². The molecule has 3 aliphatic rings. The molecule has 0 radical (unpaired) electrons. The molecular weight excluding hydrogens is 282 g/mol. The minimum Gasteiger partial charge on any atom is -0.368 e. The predicted molar refractivity (Wildman–Crippen MR) is 82.1 cm³/mol. The Morgan fingerprint density at radius 1 is 1.45 bits per heavy atom. The molecule has 22 heavy (non-hydrogen) atoms. The molecular formula is C15H23N5O2. The third-order valence-electron chi connectivity index (χ3n) is 4.88. The average Bonchev–Trinajstić information content (AvgIpc) is 3.13. The fraction of sp³-hybridized carbons (Fsp3) is 0.733. The fourth-order valence-electron chi connectivity index (χ4n) is 3.90. The van der Waals surface area contributed by atoms with Gasteiger partial charge in [0.1, 0.15) is 5.69 Å². The molecule has 1 amide bonds. The lowest BCUT2D eigenvalue weighted by molar-refractivity contribution is -0.128. The molecule has 4 rings (SSSR count). The zero-order chi connectivity index (χ0) is 15.2. The third-order valence-corrected chi connectivity index (χ3v) is 4.88. The number of aromatic amines is 1. The second-order valence-corrected chi connectivity index (χ2v) is 6.68. The van der Waals surface area contributed by atoms with Crippen LogP contribution in [-0.2, 0) is 11.2 Å². The van der Waals surface area contributed by atoms with Crippen LogP contribution in [0.15, 0.2) is 0 Å². The number of H-pyrrole nitrogens is 1. The first-order valence-electron chi connectivity index (χ1n) is 8.16. The van der Waals surface area contributed by atoms with E-state index in [0.29, 0.717) is 18.8 Å². The number of ether oxygens (including phenoxy) is 1. The van der Waals surface area contributed by atoms with Crippen molar-refractivity contribution >= 4 is 11.7 Å². The van der Waals surface area contributed by atoms with Gasteiger partial charge in [0.15, 0.2) is 5.82 Å². The van der Waals surface area contributed by atoms with Crippen LogP contribution in [0, 0.1) is 0 Å². The van der Waals surface area contributed by atoms with Gasteiger partial charge < -0.3 is 20.3 Å². The van der Waals surface area contributed by atoms with Crippen molar-refractivity contribution < 1.29 is 9.53 Å². The Kier molecular flexibility index (Phi) is 3.34. The Balaban J connectivity index is 1.58. The van der Waals surface area contributed by atoms with Crippen LogP contribution < -0.4 is 10.6 Å². The highest BCUT2D eigenvalue weighted by Crippen LogP contribution is 2.30. The van der Waals surface area contributed by atoms with E-state index < -0.39 is 0 Å². The second-order valence-electron chi connectivity index (χ2n) is 6.68. The first kappa shape index (κ1) is 14.0. The summed E-state index contributed by atoms with van der Waals surface area (Å²) in [6.45, 7) is 6.05. The van der Waals surface area contributed by atoms with E-state index in [9.17, 15) is 4.79 Å². The molecule has 120 valence electrons. The van der Waals surface area contributed by atoms with Gasteiger partial charge in [-0.15, -0.1) is 0 Å². The lowest BCUT2D eigenvalue weighted by Crippen LogP contribution is -2.57. The minimum absolute atomic E-state index is 0.0545. The number of aromatic nitrogens is 2. The Morgan fingerprint density at radius 2 is 2.36 bits per heavy atom. The van der Waals surface area contributed by atoms with E-state index in [2.05, 4.69) is 20.8 Å². The van der Waals surface area contributed by atoms with Crippen molar-refractivity contribution in [2.75, 3.05) is 38.0 Å². The minimum atomic E-state index is -0.217. The molecule has 2 atom stereocenters. The van der Waals surface area contributed by atoms with Crippen molar-refractivity contribution in [1.82, 2.24) is 20.4 Å². The number of nitrogens with zero attached hydrogens (tertiary/aromatic N) is 2. The molecule has 7 heteroatoms. The number of amides is 1. The van der Waals surface area contributed by atoms with Gasteiger partial charge in [0, 0.05) is 25.2 Å². The van der Waals surface area contributed by atoms with Gasteiger partial charge in [-0.1, -0.05) is 0 Å². The molecule has 0 aliphatic carbocycles. The maximum absolute atomic E-state index is 13.0. The SMILES string of the molecule is CC1CN(C(=O)c2[nH]nc3c2CCCN3)CC2(CCNC2)O1. The largest absolute Gasteiger partial charge is 0.368 e. The van der Waals surface area contributed by atoms with Gasteiger partial charge in [-0.2, -0.15) is 5.10 Å². The Hall–Kier alpha value is -1.60. The molecule has 0 saturated carbocycles. The summed E-state index contributed by atoms with van der Waals surface area (Å²) in [5, 5.41) is 13.8. The van der Waals surface area contributed by atoms with Crippen molar-refractivity contribution in [3.8, 4) is 0 Å². The molecule has 0 aromatic carbocycles. The summed E-state index contributed by atoms with van der Waals surface area (Å²) in [6, 6.07) is 0. The molecule has 3 aliphatic heterocycles. The van der Waals surface area contributed by atoms with E-state index >= 15 is 0 Å². The second kappa shape index (κ2) is 5.24. The number of rotatable bonds is 1. The van der Waals surface area contributed by atoms with Crippen LogP contribution in [0.4, 0.5) is 5.82 Å². The molecule has 1 spiro atoms. The molecule has 7 nitrogen and oxygen atoms in total. The molecule has 1 aromatic heterocycles. The van der Waals surface area contributed by atoms with Crippen LogP contribution in [0.3, 0.4) is 0 Å². The van der Waals surface area contributed by atoms with E-state index in [1.54, 1.807) is 0 Å². The van der Waals surface area contributed by atoms with E-state index in [0.717, 1.165) is 50.3 Å². The summed E-state index contributed by atoms with van der Waals surface area (Å²) in [6.07, 6.45) is 2.98. The van der Waals surface area contributed by atoms with Crippen LogP contribution in [-0.4, -0.2) is 65.4 Å². The van der Waals surface area contributed by atoms with E-state index in [4.69, 9.17) is 4.74 Å². The first-order chi connectivity index (χ1) is 10.7. The van der Waals surface area contributed by atoms with E-state index in [1.807, 2.05) is 11.8 Å². The highest BCUT2D eigenvalue weighted by atomic mass is 16.5. The van der Waals surface area contributed by atoms with Gasteiger partial charge in [-0.25, -0.2) is 0 Å². The van der Waals surface area contributed by atoms with Gasteiger partial charge in [0.05, 0.1) is 18.2 Å². The lowest BCUT2D eigenvalue weighted by Gasteiger charge is -2.43. The normalized spacial score (nSPS) is 31.1. The molecule has 2 unspecified atom stereocenters. The van der Waals surface area contributed by atoms with Crippen LogP contribution in [0.25, 0.3) is 0 Å². The standard InChI is InChI=1S/C15H23N5O2/c1-10-7-20(9-15(22-10)4-6-16-8-15)14(21)12-11-3-2-5-17-13(11)19-18-12/h10,16H,2-9H2,1H3,(H2,17,18,19). The van der Waals surface area contributed by atoms with E-state index in [-0.39, 0.29) is 17.6 Å². The molecule has 0 bridgehead atoms. The molecule has 3 N–H and O–H groups in total. The van der Waals surface area contributed by atoms with Crippen LogP contribution in [0.5, 0.6) is 0 Å². The number of morpholine rings is 1. The van der Waals surface area contributed by atoms with E-state index in [1.165, 1.54) is 0 Å². The third kappa shape index (κ3) is 2.28. The summed E-state index contributed by atoms with van der Waals surface area (Å²) in [4.78, 5) is 14.9.